The number of nitrogens with zero attached hydrogens (tertiary/aromatic N) is 3. The van der Waals surface area contributed by atoms with E-state index < -0.39 is 0 Å². The number of ether oxygens (including phenoxy) is 1. The van der Waals surface area contributed by atoms with E-state index in [0.717, 1.165) is 16.3 Å². The van der Waals surface area contributed by atoms with Crippen LogP contribution in [-0.2, 0) is 11.8 Å². The highest BCUT2D eigenvalue weighted by Gasteiger charge is 2.02. The van der Waals surface area contributed by atoms with Gasteiger partial charge < -0.3 is 4.74 Å². The number of carbonyl (C=O) groups is 1. The number of benzene rings is 2. The maximum Gasteiger partial charge on any atom is 0.277 e. The van der Waals surface area contributed by atoms with Gasteiger partial charge in [0.15, 0.2) is 6.61 Å². The molecule has 0 spiro atoms. The monoisotopic (exact) mass is 308 g/mol. The minimum Gasteiger partial charge on any atom is -0.484 e. The Balaban J connectivity index is 1.52. The molecule has 0 saturated carbocycles. The van der Waals surface area contributed by atoms with Crippen LogP contribution < -0.4 is 10.2 Å². The van der Waals surface area contributed by atoms with Gasteiger partial charge in [-0.25, -0.2) is 5.43 Å². The van der Waals surface area contributed by atoms with Crippen LogP contribution in [0.5, 0.6) is 5.75 Å². The Labute approximate surface area is 133 Å². The molecule has 23 heavy (non-hydrogen) atoms. The molecule has 0 saturated heterocycles. The fourth-order valence-corrected chi connectivity index (χ4v) is 2.12. The lowest BCUT2D eigenvalue weighted by Crippen LogP contribution is -2.24. The van der Waals surface area contributed by atoms with Crippen LogP contribution in [0.4, 0.5) is 0 Å². The summed E-state index contributed by atoms with van der Waals surface area (Å²) in [6, 6.07) is 13.7. The van der Waals surface area contributed by atoms with E-state index in [4.69, 9.17) is 4.74 Å². The molecular formula is C17H16N4O2. The molecule has 0 aliphatic heterocycles. The quantitative estimate of drug-likeness (QED) is 0.580. The van der Waals surface area contributed by atoms with Gasteiger partial charge >= 0.3 is 0 Å². The third-order valence-electron chi connectivity index (χ3n) is 3.22. The smallest absolute Gasteiger partial charge is 0.277 e. The van der Waals surface area contributed by atoms with E-state index in [9.17, 15) is 4.79 Å². The summed E-state index contributed by atoms with van der Waals surface area (Å²) in [5, 5.41) is 10.1. The number of hydrazone groups is 1. The SMILES string of the molecule is Cn1cc(C=NNC(=O)COc2ccc3ccccc3c2)cn1. The molecule has 0 aliphatic carbocycles. The van der Waals surface area contributed by atoms with Crippen molar-refractivity contribution in [2.75, 3.05) is 6.61 Å². The molecule has 6 nitrogen and oxygen atoms in total. The number of hydrogen-bond donors (Lipinski definition) is 1. The van der Waals surface area contributed by atoms with Gasteiger partial charge in [0, 0.05) is 18.8 Å². The zero-order valence-electron chi connectivity index (χ0n) is 12.6. The number of rotatable bonds is 5. The van der Waals surface area contributed by atoms with Crippen LogP contribution in [0.2, 0.25) is 0 Å². The van der Waals surface area contributed by atoms with E-state index in [1.165, 1.54) is 6.21 Å². The van der Waals surface area contributed by atoms with Gasteiger partial charge in [-0.05, 0) is 22.9 Å². The lowest BCUT2D eigenvalue weighted by atomic mass is 10.1. The van der Waals surface area contributed by atoms with Crippen molar-refractivity contribution in [1.82, 2.24) is 15.2 Å². The second-order valence-corrected chi connectivity index (χ2v) is 5.04. The first kappa shape index (κ1) is 14.8. The first-order valence-corrected chi connectivity index (χ1v) is 7.13. The highest BCUT2D eigenvalue weighted by atomic mass is 16.5. The maximum absolute atomic E-state index is 11.7. The summed E-state index contributed by atoms with van der Waals surface area (Å²) in [5.41, 5.74) is 3.22. The van der Waals surface area contributed by atoms with Crippen LogP contribution in [0.25, 0.3) is 10.8 Å². The molecule has 3 rings (SSSR count). The maximum atomic E-state index is 11.7. The first-order chi connectivity index (χ1) is 11.2. The topological polar surface area (TPSA) is 68.5 Å². The van der Waals surface area contributed by atoms with Crippen LogP contribution in [0.15, 0.2) is 60.0 Å². The van der Waals surface area contributed by atoms with Gasteiger partial charge in [-0.1, -0.05) is 30.3 Å². The zero-order chi connectivity index (χ0) is 16.1. The molecule has 3 aromatic rings. The number of fused-ring (bicyclic) bond motifs is 1. The zero-order valence-corrected chi connectivity index (χ0v) is 12.6. The van der Waals surface area contributed by atoms with Gasteiger partial charge in [0.1, 0.15) is 5.75 Å². The van der Waals surface area contributed by atoms with Gasteiger partial charge in [0.05, 0.1) is 12.4 Å². The molecule has 0 radical (unpaired) electrons. The normalized spacial score (nSPS) is 11.0. The van der Waals surface area contributed by atoms with Crippen LogP contribution in [-0.4, -0.2) is 28.5 Å². The van der Waals surface area contributed by atoms with Crippen molar-refractivity contribution >= 4 is 22.9 Å². The van der Waals surface area contributed by atoms with Crippen molar-refractivity contribution in [3.63, 3.8) is 0 Å². The van der Waals surface area contributed by atoms with Crippen molar-refractivity contribution in [1.29, 1.82) is 0 Å². The number of nitrogens with one attached hydrogen (secondary N) is 1. The second-order valence-electron chi connectivity index (χ2n) is 5.04. The predicted molar refractivity (Wildman–Crippen MR) is 88.4 cm³/mol. The Bertz CT molecular complexity index is 854. The average molecular weight is 308 g/mol. The minimum atomic E-state index is -0.321. The van der Waals surface area contributed by atoms with E-state index in [1.807, 2.05) is 49.5 Å². The van der Waals surface area contributed by atoms with Gasteiger partial charge in [0.2, 0.25) is 0 Å². The highest BCUT2D eigenvalue weighted by molar-refractivity contribution is 5.84. The number of amides is 1. The second kappa shape index (κ2) is 6.74. The molecule has 1 N–H and O–H groups in total. The van der Waals surface area contributed by atoms with E-state index in [2.05, 4.69) is 15.6 Å². The van der Waals surface area contributed by atoms with Gasteiger partial charge in [-0.3, -0.25) is 9.48 Å². The molecular weight excluding hydrogens is 292 g/mol. The Hall–Kier alpha value is -3.15. The summed E-state index contributed by atoms with van der Waals surface area (Å²) in [6.07, 6.45) is 4.98. The standard InChI is InChI=1S/C17H16N4O2/c1-21-11-13(10-19-21)9-18-20-17(22)12-23-16-7-6-14-4-2-3-5-15(14)8-16/h2-11H,12H2,1H3,(H,20,22). The van der Waals surface area contributed by atoms with Crippen molar-refractivity contribution in [3.05, 3.63) is 60.4 Å². The minimum absolute atomic E-state index is 0.0945. The third-order valence-corrected chi connectivity index (χ3v) is 3.22. The Kier molecular flexibility index (Phi) is 4.33. The lowest BCUT2D eigenvalue weighted by Gasteiger charge is -2.06. The van der Waals surface area contributed by atoms with Gasteiger partial charge in [-0.15, -0.1) is 0 Å². The van der Waals surface area contributed by atoms with Crippen LogP contribution in [0, 0.1) is 0 Å². The summed E-state index contributed by atoms with van der Waals surface area (Å²) < 4.78 is 7.14. The van der Waals surface area contributed by atoms with E-state index in [0.29, 0.717) is 5.75 Å². The molecule has 0 atom stereocenters. The van der Waals surface area contributed by atoms with E-state index in [1.54, 1.807) is 17.1 Å². The fourth-order valence-electron chi connectivity index (χ4n) is 2.12. The molecule has 1 heterocycles. The van der Waals surface area contributed by atoms with Crippen LogP contribution in [0.3, 0.4) is 0 Å². The first-order valence-electron chi connectivity index (χ1n) is 7.13. The number of hydrogen-bond acceptors (Lipinski definition) is 4. The fraction of sp³-hybridized carbons (Fsp3) is 0.118. The van der Waals surface area contributed by atoms with Crippen molar-refractivity contribution < 1.29 is 9.53 Å². The summed E-state index contributed by atoms with van der Waals surface area (Å²) in [5.74, 6) is 0.327. The highest BCUT2D eigenvalue weighted by Crippen LogP contribution is 2.20. The third kappa shape index (κ3) is 3.94. The number of aryl methyl sites for hydroxylation is 1. The van der Waals surface area contributed by atoms with Crippen molar-refractivity contribution in [2.45, 2.75) is 0 Å². The van der Waals surface area contributed by atoms with Crippen molar-refractivity contribution in [3.8, 4) is 5.75 Å². The largest absolute Gasteiger partial charge is 0.484 e. The van der Waals surface area contributed by atoms with Gasteiger partial charge in [0.25, 0.3) is 5.91 Å². The Morgan fingerprint density at radius 3 is 2.91 bits per heavy atom. The lowest BCUT2D eigenvalue weighted by molar-refractivity contribution is -0.123. The van der Waals surface area contributed by atoms with Crippen LogP contribution in [0.1, 0.15) is 5.56 Å². The predicted octanol–water partition coefficient (Wildman–Crippen LogP) is 2.10. The summed E-state index contributed by atoms with van der Waals surface area (Å²) in [6.45, 7) is -0.0945. The molecule has 6 heteroatoms. The number of aromatic nitrogens is 2. The Morgan fingerprint density at radius 2 is 2.13 bits per heavy atom. The molecule has 0 aliphatic rings. The van der Waals surface area contributed by atoms with E-state index >= 15 is 0 Å². The molecule has 2 aromatic carbocycles. The molecule has 0 bridgehead atoms. The average Bonchev–Trinajstić information content (AvgIpc) is 2.98. The molecule has 0 unspecified atom stereocenters. The molecule has 116 valence electrons. The van der Waals surface area contributed by atoms with Crippen molar-refractivity contribution in [2.24, 2.45) is 12.1 Å². The molecule has 0 fully saturated rings. The molecule has 1 aromatic heterocycles. The summed E-state index contributed by atoms with van der Waals surface area (Å²) in [4.78, 5) is 11.7. The summed E-state index contributed by atoms with van der Waals surface area (Å²) in [7, 11) is 1.81. The van der Waals surface area contributed by atoms with Crippen LogP contribution >= 0.6 is 0 Å². The van der Waals surface area contributed by atoms with Gasteiger partial charge in [-0.2, -0.15) is 10.2 Å². The summed E-state index contributed by atoms with van der Waals surface area (Å²) >= 11 is 0. The Morgan fingerprint density at radius 1 is 1.30 bits per heavy atom. The molecule has 1 amide bonds. The number of carbonyl (C=O) groups excluding carboxylic acids is 1. The van der Waals surface area contributed by atoms with E-state index in [-0.39, 0.29) is 12.5 Å².